The molecule has 4 unspecified atom stereocenters. The van der Waals surface area contributed by atoms with Gasteiger partial charge in [0, 0.05) is 11.5 Å². The summed E-state index contributed by atoms with van der Waals surface area (Å²) in [4.78, 5) is 11.2. The first kappa shape index (κ1) is 11.1. The molecule has 0 aliphatic heterocycles. The van der Waals surface area contributed by atoms with Crippen molar-refractivity contribution in [3.8, 4) is 0 Å². The Kier molecular flexibility index (Phi) is 2.42. The van der Waals surface area contributed by atoms with Crippen LogP contribution in [0.1, 0.15) is 32.6 Å². The van der Waals surface area contributed by atoms with Crippen molar-refractivity contribution >= 4 is 5.97 Å². The van der Waals surface area contributed by atoms with Crippen molar-refractivity contribution in [3.63, 3.8) is 0 Å². The second-order valence-corrected chi connectivity index (χ2v) is 6.30. The normalized spacial score (nSPS) is 42.2. The van der Waals surface area contributed by atoms with Crippen molar-refractivity contribution in [3.05, 3.63) is 24.3 Å². The van der Waals surface area contributed by atoms with E-state index in [1.165, 1.54) is 31.8 Å². The summed E-state index contributed by atoms with van der Waals surface area (Å²) in [7, 11) is 0. The van der Waals surface area contributed by atoms with Gasteiger partial charge in [0.1, 0.15) is 6.61 Å². The lowest BCUT2D eigenvalue weighted by atomic mass is 9.68. The van der Waals surface area contributed by atoms with Crippen molar-refractivity contribution in [1.29, 1.82) is 0 Å². The summed E-state index contributed by atoms with van der Waals surface area (Å²) < 4.78 is 5.26. The standard InChI is InChI=1S/C15H20O2/c1-3-14(16)17-9-15(2)7-10-4-11-6-12(8-15)13(11)5-10/h3,8,10-11,13H,1,4-7,9H2,2H3. The SMILES string of the molecule is C=CC(=O)OCC1(C)C=C2CC3CC(CC23)C1. The zero-order valence-electron chi connectivity index (χ0n) is 10.4. The summed E-state index contributed by atoms with van der Waals surface area (Å²) in [6, 6.07) is 0. The number of carbonyl (C=O) groups is 1. The molecule has 0 N–H and O–H groups in total. The Morgan fingerprint density at radius 1 is 1.65 bits per heavy atom. The summed E-state index contributed by atoms with van der Waals surface area (Å²) in [5.41, 5.74) is 1.69. The fraction of sp³-hybridized carbons (Fsp3) is 0.667. The average Bonchev–Trinajstić information content (AvgIpc) is 2.53. The fourth-order valence-electron chi connectivity index (χ4n) is 4.11. The first-order valence-electron chi connectivity index (χ1n) is 6.60. The molecule has 2 fully saturated rings. The van der Waals surface area contributed by atoms with Crippen LogP contribution < -0.4 is 0 Å². The number of esters is 1. The quantitative estimate of drug-likeness (QED) is 0.424. The summed E-state index contributed by atoms with van der Waals surface area (Å²) >= 11 is 0. The van der Waals surface area contributed by atoms with Gasteiger partial charge in [-0.2, -0.15) is 0 Å². The third-order valence-electron chi connectivity index (χ3n) is 4.77. The third kappa shape index (κ3) is 1.84. The van der Waals surface area contributed by atoms with Crippen LogP contribution in [-0.4, -0.2) is 12.6 Å². The number of allylic oxidation sites excluding steroid dienone is 1. The maximum atomic E-state index is 11.2. The number of carbonyl (C=O) groups excluding carboxylic acids is 1. The number of fused-ring (bicyclic) bond motifs is 1. The molecule has 92 valence electrons. The minimum atomic E-state index is -0.300. The maximum absolute atomic E-state index is 11.2. The van der Waals surface area contributed by atoms with Gasteiger partial charge < -0.3 is 4.74 Å². The lowest BCUT2D eigenvalue weighted by Gasteiger charge is -2.38. The molecule has 2 heteroatoms. The predicted octanol–water partition coefficient (Wildman–Crippen LogP) is 3.10. The van der Waals surface area contributed by atoms with E-state index in [0.717, 1.165) is 17.8 Å². The van der Waals surface area contributed by atoms with E-state index in [4.69, 9.17) is 4.74 Å². The van der Waals surface area contributed by atoms with E-state index in [-0.39, 0.29) is 11.4 Å². The van der Waals surface area contributed by atoms with Gasteiger partial charge in [0.2, 0.25) is 0 Å². The second-order valence-electron chi connectivity index (χ2n) is 6.30. The van der Waals surface area contributed by atoms with Crippen LogP contribution in [0, 0.1) is 23.2 Å². The molecule has 17 heavy (non-hydrogen) atoms. The fourth-order valence-corrected chi connectivity index (χ4v) is 4.11. The van der Waals surface area contributed by atoms with Gasteiger partial charge in [-0.1, -0.05) is 25.2 Å². The van der Waals surface area contributed by atoms with Gasteiger partial charge in [0.25, 0.3) is 0 Å². The molecule has 0 saturated heterocycles. The summed E-state index contributed by atoms with van der Waals surface area (Å²) in [5.74, 6) is 2.39. The topological polar surface area (TPSA) is 26.3 Å². The molecule has 2 bridgehead atoms. The molecule has 0 aromatic heterocycles. The van der Waals surface area contributed by atoms with E-state index in [0.29, 0.717) is 6.61 Å². The number of ether oxygens (including phenoxy) is 1. The summed E-state index contributed by atoms with van der Waals surface area (Å²) in [6.45, 7) is 6.17. The Hall–Kier alpha value is -1.05. The molecular weight excluding hydrogens is 212 g/mol. The van der Waals surface area contributed by atoms with E-state index in [9.17, 15) is 4.79 Å². The first-order chi connectivity index (χ1) is 8.09. The monoisotopic (exact) mass is 232 g/mol. The molecule has 3 aliphatic rings. The van der Waals surface area contributed by atoms with E-state index in [1.54, 1.807) is 5.57 Å². The highest BCUT2D eigenvalue weighted by Gasteiger charge is 2.48. The minimum Gasteiger partial charge on any atom is -0.462 e. The predicted molar refractivity (Wildman–Crippen MR) is 66.3 cm³/mol. The van der Waals surface area contributed by atoms with Crippen LogP contribution in [0.15, 0.2) is 24.3 Å². The molecule has 0 amide bonds. The highest BCUT2D eigenvalue weighted by molar-refractivity contribution is 5.81. The van der Waals surface area contributed by atoms with E-state index in [2.05, 4.69) is 19.6 Å². The van der Waals surface area contributed by atoms with Gasteiger partial charge in [-0.25, -0.2) is 4.79 Å². The van der Waals surface area contributed by atoms with Crippen molar-refractivity contribution in [2.45, 2.75) is 32.6 Å². The van der Waals surface area contributed by atoms with Crippen LogP contribution in [0.3, 0.4) is 0 Å². The Morgan fingerprint density at radius 2 is 2.47 bits per heavy atom. The maximum Gasteiger partial charge on any atom is 0.330 e. The van der Waals surface area contributed by atoms with Crippen LogP contribution in [0.2, 0.25) is 0 Å². The Morgan fingerprint density at radius 3 is 3.24 bits per heavy atom. The molecule has 4 atom stereocenters. The lowest BCUT2D eigenvalue weighted by Crippen LogP contribution is -2.30. The Bertz CT molecular complexity index is 396. The van der Waals surface area contributed by atoms with Gasteiger partial charge in [-0.3, -0.25) is 0 Å². The van der Waals surface area contributed by atoms with Crippen molar-refractivity contribution in [2.24, 2.45) is 23.2 Å². The second kappa shape index (κ2) is 3.72. The molecule has 0 heterocycles. The largest absolute Gasteiger partial charge is 0.462 e. The zero-order valence-corrected chi connectivity index (χ0v) is 10.4. The van der Waals surface area contributed by atoms with Crippen molar-refractivity contribution < 1.29 is 9.53 Å². The van der Waals surface area contributed by atoms with Gasteiger partial charge >= 0.3 is 5.97 Å². The van der Waals surface area contributed by atoms with Gasteiger partial charge in [0.05, 0.1) is 0 Å². The van der Waals surface area contributed by atoms with Gasteiger partial charge in [-0.15, -0.1) is 0 Å². The molecule has 0 spiro atoms. The van der Waals surface area contributed by atoms with E-state index < -0.39 is 0 Å². The zero-order chi connectivity index (χ0) is 12.0. The highest BCUT2D eigenvalue weighted by Crippen LogP contribution is 2.58. The van der Waals surface area contributed by atoms with Crippen LogP contribution >= 0.6 is 0 Å². The van der Waals surface area contributed by atoms with Crippen LogP contribution in [0.5, 0.6) is 0 Å². The highest BCUT2D eigenvalue weighted by atomic mass is 16.5. The molecule has 0 aromatic rings. The third-order valence-corrected chi connectivity index (χ3v) is 4.77. The number of rotatable bonds is 3. The van der Waals surface area contributed by atoms with Crippen molar-refractivity contribution in [2.75, 3.05) is 6.61 Å². The first-order valence-corrected chi connectivity index (χ1v) is 6.60. The smallest absolute Gasteiger partial charge is 0.330 e. The van der Waals surface area contributed by atoms with Crippen LogP contribution in [0.25, 0.3) is 0 Å². The van der Waals surface area contributed by atoms with Crippen LogP contribution in [-0.2, 0) is 9.53 Å². The molecule has 3 rings (SSSR count). The van der Waals surface area contributed by atoms with Crippen molar-refractivity contribution in [1.82, 2.24) is 0 Å². The Balaban J connectivity index is 1.74. The molecule has 3 aliphatic carbocycles. The molecule has 2 saturated carbocycles. The Labute approximate surface area is 103 Å². The summed E-state index contributed by atoms with van der Waals surface area (Å²) in [6.07, 6.45) is 8.90. The molecule has 0 aromatic carbocycles. The average molecular weight is 232 g/mol. The van der Waals surface area contributed by atoms with Gasteiger partial charge in [0.15, 0.2) is 0 Å². The van der Waals surface area contributed by atoms with E-state index >= 15 is 0 Å². The van der Waals surface area contributed by atoms with Gasteiger partial charge in [-0.05, 0) is 43.4 Å². The number of hydrogen-bond acceptors (Lipinski definition) is 2. The number of hydrogen-bond donors (Lipinski definition) is 0. The lowest BCUT2D eigenvalue weighted by molar-refractivity contribution is -0.140. The summed E-state index contributed by atoms with van der Waals surface area (Å²) in [5, 5.41) is 0. The molecular formula is C15H20O2. The molecule has 0 radical (unpaired) electrons. The molecule has 2 nitrogen and oxygen atoms in total. The minimum absolute atomic E-state index is 0.0544. The van der Waals surface area contributed by atoms with E-state index in [1.807, 2.05) is 0 Å². The van der Waals surface area contributed by atoms with Crippen LogP contribution in [0.4, 0.5) is 0 Å².